The van der Waals surface area contributed by atoms with Crippen molar-refractivity contribution in [3.8, 4) is 0 Å². The highest BCUT2D eigenvalue weighted by molar-refractivity contribution is 5.82. The first-order valence-electron chi connectivity index (χ1n) is 5.44. The van der Waals surface area contributed by atoms with E-state index in [1.807, 2.05) is 0 Å². The van der Waals surface area contributed by atoms with Gasteiger partial charge in [-0.25, -0.2) is 4.79 Å². The van der Waals surface area contributed by atoms with Crippen LogP contribution in [0.1, 0.15) is 26.2 Å². The Morgan fingerprint density at radius 3 is 2.39 bits per heavy atom. The number of hydrogen-bond acceptors (Lipinski definition) is 3. The van der Waals surface area contributed by atoms with Crippen molar-refractivity contribution in [1.82, 2.24) is 5.32 Å². The molecule has 2 N–H and O–H groups in total. The van der Waals surface area contributed by atoms with Crippen LogP contribution in [0.5, 0.6) is 0 Å². The summed E-state index contributed by atoms with van der Waals surface area (Å²) < 4.78 is 41.0. The summed E-state index contributed by atoms with van der Waals surface area (Å²) in [6.45, 7) is 1.23. The molecule has 1 unspecified atom stereocenters. The molecular weight excluding hydrogens is 255 g/mol. The molecule has 1 heterocycles. The number of halogens is 3. The van der Waals surface area contributed by atoms with E-state index >= 15 is 0 Å². The largest absolute Gasteiger partial charge is 0.479 e. The van der Waals surface area contributed by atoms with Crippen LogP contribution in [0.3, 0.4) is 0 Å². The number of rotatable bonds is 4. The summed E-state index contributed by atoms with van der Waals surface area (Å²) in [6.07, 6.45) is -7.15. The molecule has 0 aromatic carbocycles. The highest BCUT2D eigenvalue weighted by atomic mass is 19.4. The molecule has 1 amide bonds. The molecule has 1 aliphatic rings. The highest BCUT2D eigenvalue weighted by Gasteiger charge is 2.36. The minimum atomic E-state index is -4.35. The molecule has 1 aliphatic heterocycles. The number of alkyl halides is 3. The van der Waals surface area contributed by atoms with E-state index in [0.717, 1.165) is 0 Å². The molecule has 104 valence electrons. The fourth-order valence-corrected chi connectivity index (χ4v) is 1.75. The maximum Gasteiger partial charge on any atom is 0.391 e. The summed E-state index contributed by atoms with van der Waals surface area (Å²) in [6, 6.07) is -1.06. The van der Waals surface area contributed by atoms with E-state index in [9.17, 15) is 22.8 Å². The molecule has 1 rings (SSSR count). The van der Waals surface area contributed by atoms with Crippen LogP contribution in [0, 0.1) is 0 Å². The van der Waals surface area contributed by atoms with E-state index in [2.05, 4.69) is 5.32 Å². The second kappa shape index (κ2) is 5.55. The second-order valence-electron chi connectivity index (χ2n) is 4.26. The number of ether oxygens (including phenoxy) is 1. The molecule has 8 heteroatoms. The Bertz CT molecular complexity index is 332. The van der Waals surface area contributed by atoms with Gasteiger partial charge in [0.15, 0.2) is 6.10 Å². The van der Waals surface area contributed by atoms with Crippen LogP contribution in [-0.2, 0) is 14.3 Å². The maximum atomic E-state index is 12.0. The summed E-state index contributed by atoms with van der Waals surface area (Å²) >= 11 is 0. The Labute approximate surface area is 101 Å². The number of carbonyl (C=O) groups is 2. The van der Waals surface area contributed by atoms with Crippen molar-refractivity contribution >= 4 is 11.9 Å². The quantitative estimate of drug-likeness (QED) is 0.800. The lowest BCUT2D eigenvalue weighted by Crippen LogP contribution is -2.42. The molecule has 0 bridgehead atoms. The average molecular weight is 269 g/mol. The smallest absolute Gasteiger partial charge is 0.391 e. The van der Waals surface area contributed by atoms with Gasteiger partial charge in [0.1, 0.15) is 6.10 Å². The van der Waals surface area contributed by atoms with Crippen molar-refractivity contribution in [1.29, 1.82) is 0 Å². The molecular formula is C10H14F3NO4. The lowest BCUT2D eigenvalue weighted by molar-refractivity contribution is -0.152. The number of hydrogen-bond donors (Lipinski definition) is 2. The van der Waals surface area contributed by atoms with Crippen LogP contribution in [-0.4, -0.2) is 41.4 Å². The van der Waals surface area contributed by atoms with Gasteiger partial charge in [-0.1, -0.05) is 0 Å². The monoisotopic (exact) mass is 269 g/mol. The van der Waals surface area contributed by atoms with Gasteiger partial charge in [0, 0.05) is 6.04 Å². The third-order valence-corrected chi connectivity index (χ3v) is 2.51. The van der Waals surface area contributed by atoms with Gasteiger partial charge < -0.3 is 15.2 Å². The van der Waals surface area contributed by atoms with Gasteiger partial charge in [-0.05, 0) is 19.8 Å². The molecule has 5 nitrogen and oxygen atoms in total. The minimum absolute atomic E-state index is 0.182. The summed E-state index contributed by atoms with van der Waals surface area (Å²) in [5.74, 6) is -1.87. The number of nitrogens with one attached hydrogen (secondary N) is 1. The SMILES string of the molecule is CC(CC(F)(F)F)NC(=O)[C@@H]1CC[C@H](C(=O)O)O1. The molecule has 1 saturated heterocycles. The predicted molar refractivity (Wildman–Crippen MR) is 53.8 cm³/mol. The first-order chi connectivity index (χ1) is 8.19. The molecule has 1 fully saturated rings. The van der Waals surface area contributed by atoms with Crippen LogP contribution in [0.2, 0.25) is 0 Å². The highest BCUT2D eigenvalue weighted by Crippen LogP contribution is 2.23. The Morgan fingerprint density at radius 2 is 1.94 bits per heavy atom. The van der Waals surface area contributed by atoms with E-state index in [1.165, 1.54) is 6.92 Å². The molecule has 18 heavy (non-hydrogen) atoms. The Hall–Kier alpha value is -1.31. The first-order valence-corrected chi connectivity index (χ1v) is 5.44. The van der Waals surface area contributed by atoms with Crippen molar-refractivity contribution in [3.63, 3.8) is 0 Å². The normalized spacial score (nSPS) is 25.8. The zero-order chi connectivity index (χ0) is 13.9. The number of aliphatic carboxylic acids is 1. The number of amides is 1. The zero-order valence-corrected chi connectivity index (χ0v) is 9.66. The summed E-state index contributed by atoms with van der Waals surface area (Å²) in [5, 5.41) is 10.8. The van der Waals surface area contributed by atoms with Crippen LogP contribution < -0.4 is 5.32 Å². The molecule has 3 atom stereocenters. The fraction of sp³-hybridized carbons (Fsp3) is 0.800. The van der Waals surface area contributed by atoms with Crippen molar-refractivity contribution in [2.24, 2.45) is 0 Å². The number of carbonyl (C=O) groups excluding carboxylic acids is 1. The topological polar surface area (TPSA) is 75.6 Å². The molecule has 0 aromatic heterocycles. The van der Waals surface area contributed by atoms with Gasteiger partial charge in [0.25, 0.3) is 0 Å². The molecule has 0 radical (unpaired) electrons. The van der Waals surface area contributed by atoms with Crippen LogP contribution in [0.4, 0.5) is 13.2 Å². The van der Waals surface area contributed by atoms with Crippen molar-refractivity contribution < 1.29 is 32.6 Å². The summed E-state index contributed by atoms with van der Waals surface area (Å²) in [4.78, 5) is 22.1. The van der Waals surface area contributed by atoms with Gasteiger partial charge in [0.2, 0.25) is 5.91 Å². The Balaban J connectivity index is 2.40. The van der Waals surface area contributed by atoms with E-state index < -0.39 is 42.7 Å². The van der Waals surface area contributed by atoms with E-state index in [1.54, 1.807) is 0 Å². The first kappa shape index (κ1) is 14.7. The third-order valence-electron chi connectivity index (χ3n) is 2.51. The van der Waals surface area contributed by atoms with Gasteiger partial charge in [0.05, 0.1) is 6.42 Å². The molecule has 0 spiro atoms. The molecule has 0 aromatic rings. The van der Waals surface area contributed by atoms with E-state index in [0.29, 0.717) is 0 Å². The van der Waals surface area contributed by atoms with Crippen LogP contribution in [0.15, 0.2) is 0 Å². The predicted octanol–water partition coefficient (Wildman–Crippen LogP) is 1.08. The van der Waals surface area contributed by atoms with Crippen molar-refractivity contribution in [3.05, 3.63) is 0 Å². The lowest BCUT2D eigenvalue weighted by Gasteiger charge is -2.18. The number of carboxylic acid groups (broad SMARTS) is 1. The summed E-state index contributed by atoms with van der Waals surface area (Å²) in [7, 11) is 0. The standard InChI is InChI=1S/C10H14F3NO4/c1-5(4-10(11,12)13)14-8(15)6-2-3-7(18-6)9(16)17/h5-7H,2-4H2,1H3,(H,14,15)(H,16,17)/t5?,6-,7+/m0/s1. The van der Waals surface area contributed by atoms with Gasteiger partial charge in [-0.3, -0.25) is 4.79 Å². The van der Waals surface area contributed by atoms with Crippen molar-refractivity contribution in [2.75, 3.05) is 0 Å². The minimum Gasteiger partial charge on any atom is -0.479 e. The van der Waals surface area contributed by atoms with Gasteiger partial charge in [-0.2, -0.15) is 13.2 Å². The molecule has 0 aliphatic carbocycles. The van der Waals surface area contributed by atoms with Crippen molar-refractivity contribution in [2.45, 2.75) is 50.6 Å². The average Bonchev–Trinajstić information content (AvgIpc) is 2.62. The molecule has 0 saturated carbocycles. The number of carboxylic acids is 1. The maximum absolute atomic E-state index is 12.0. The van der Waals surface area contributed by atoms with E-state index in [4.69, 9.17) is 9.84 Å². The van der Waals surface area contributed by atoms with Gasteiger partial charge >= 0.3 is 12.1 Å². The third kappa shape index (κ3) is 4.52. The van der Waals surface area contributed by atoms with Crippen LogP contribution in [0.25, 0.3) is 0 Å². The second-order valence-corrected chi connectivity index (χ2v) is 4.26. The Kier molecular flexibility index (Phi) is 4.55. The van der Waals surface area contributed by atoms with Gasteiger partial charge in [-0.15, -0.1) is 0 Å². The summed E-state index contributed by atoms with van der Waals surface area (Å²) in [5.41, 5.74) is 0. The van der Waals surface area contributed by atoms with Crippen LogP contribution >= 0.6 is 0 Å². The Morgan fingerprint density at radius 1 is 1.39 bits per heavy atom. The lowest BCUT2D eigenvalue weighted by atomic mass is 10.1. The fourth-order valence-electron chi connectivity index (χ4n) is 1.75. The van der Waals surface area contributed by atoms with E-state index in [-0.39, 0.29) is 12.8 Å². The zero-order valence-electron chi connectivity index (χ0n) is 9.66.